The molecule has 3 heterocycles. The largest absolute Gasteiger partial charge is 0.491 e. The second-order valence-electron chi connectivity index (χ2n) is 8.80. The van der Waals surface area contributed by atoms with Crippen LogP contribution in [0.3, 0.4) is 0 Å². The van der Waals surface area contributed by atoms with Gasteiger partial charge in [0.1, 0.15) is 17.3 Å². The second kappa shape index (κ2) is 10.7. The van der Waals surface area contributed by atoms with Gasteiger partial charge in [-0.1, -0.05) is 12.0 Å². The maximum absolute atomic E-state index is 13.9. The lowest BCUT2D eigenvalue weighted by Gasteiger charge is -2.22. The monoisotopic (exact) mass is 568 g/mol. The Bertz CT molecular complexity index is 1750. The van der Waals surface area contributed by atoms with Gasteiger partial charge in [-0.15, -0.1) is 5.10 Å². The summed E-state index contributed by atoms with van der Waals surface area (Å²) in [5, 5.41) is 11.1. The zero-order valence-electron chi connectivity index (χ0n) is 20.9. The molecule has 2 aromatic carbocycles. The van der Waals surface area contributed by atoms with Crippen LogP contribution in [0.5, 0.6) is 0 Å². The zero-order valence-corrected chi connectivity index (χ0v) is 20.9. The van der Waals surface area contributed by atoms with E-state index in [4.69, 9.17) is 0 Å². The first-order chi connectivity index (χ1) is 19.5. The summed E-state index contributed by atoms with van der Waals surface area (Å²) in [7, 11) is 0. The molecular weight excluding hydrogens is 551 g/mol. The standard InChI is InChI=1S/C27H17F5N6O3/c1-15-4-6-20(11-16(15)5-7-21-14-33-23-3-2-8-34-37(21)23)35-26(40)38-22(17-9-18(28)12-19(29)10-17)13-24(36-38)41-25(39)27(30,31)32/h2-4,6,8-12,14,22H,13H2,1H3,(H,35,40). The van der Waals surface area contributed by atoms with Gasteiger partial charge in [0.15, 0.2) is 5.65 Å². The summed E-state index contributed by atoms with van der Waals surface area (Å²) in [5.41, 5.74) is 2.55. The third-order valence-electron chi connectivity index (χ3n) is 5.89. The first kappa shape index (κ1) is 27.3. The molecule has 5 rings (SSSR count). The molecule has 0 aliphatic carbocycles. The van der Waals surface area contributed by atoms with E-state index >= 15 is 0 Å². The number of nitrogens with zero attached hydrogens (tertiary/aromatic N) is 5. The third kappa shape index (κ3) is 5.98. The zero-order chi connectivity index (χ0) is 29.3. The summed E-state index contributed by atoms with van der Waals surface area (Å²) in [6.07, 6.45) is -2.73. The van der Waals surface area contributed by atoms with Gasteiger partial charge in [0.2, 0.25) is 5.90 Å². The number of hydrazone groups is 1. The van der Waals surface area contributed by atoms with Crippen LogP contribution in [0, 0.1) is 30.4 Å². The fourth-order valence-corrected chi connectivity index (χ4v) is 3.98. The molecule has 1 atom stereocenters. The Labute approximate surface area is 228 Å². The number of imidazole rings is 1. The van der Waals surface area contributed by atoms with Crippen molar-refractivity contribution in [1.29, 1.82) is 0 Å². The molecule has 2 amide bonds. The van der Waals surface area contributed by atoms with Gasteiger partial charge in [-0.25, -0.2) is 32.9 Å². The topological polar surface area (TPSA) is 101 Å². The van der Waals surface area contributed by atoms with Gasteiger partial charge < -0.3 is 10.1 Å². The summed E-state index contributed by atoms with van der Waals surface area (Å²) in [5.74, 6) is 0.687. The highest BCUT2D eigenvalue weighted by atomic mass is 19.4. The van der Waals surface area contributed by atoms with Crippen molar-refractivity contribution in [2.45, 2.75) is 25.6 Å². The van der Waals surface area contributed by atoms with Gasteiger partial charge in [0, 0.05) is 23.5 Å². The van der Waals surface area contributed by atoms with Crippen LogP contribution in [0.15, 0.2) is 66.0 Å². The van der Waals surface area contributed by atoms with Crippen molar-refractivity contribution < 1.29 is 36.3 Å². The number of alkyl halides is 3. The highest BCUT2D eigenvalue weighted by Crippen LogP contribution is 2.33. The van der Waals surface area contributed by atoms with Crippen LogP contribution >= 0.6 is 0 Å². The first-order valence-electron chi connectivity index (χ1n) is 11.8. The molecule has 0 saturated carbocycles. The molecule has 0 fully saturated rings. The Morgan fingerprint density at radius 2 is 1.83 bits per heavy atom. The molecule has 2 aromatic heterocycles. The van der Waals surface area contributed by atoms with Crippen molar-refractivity contribution in [1.82, 2.24) is 19.6 Å². The number of anilines is 1. The second-order valence-corrected chi connectivity index (χ2v) is 8.80. The molecule has 4 aromatic rings. The number of urea groups is 1. The van der Waals surface area contributed by atoms with E-state index in [1.165, 1.54) is 0 Å². The number of aromatic nitrogens is 3. The van der Waals surface area contributed by atoms with Gasteiger partial charge in [0.05, 0.1) is 18.7 Å². The van der Waals surface area contributed by atoms with Crippen molar-refractivity contribution in [3.63, 3.8) is 0 Å². The summed E-state index contributed by atoms with van der Waals surface area (Å²) in [6.45, 7) is 1.79. The van der Waals surface area contributed by atoms with E-state index in [0.717, 1.165) is 17.7 Å². The van der Waals surface area contributed by atoms with Crippen LogP contribution in [0.4, 0.5) is 32.4 Å². The minimum absolute atomic E-state index is 0.114. The molecule has 208 valence electrons. The maximum atomic E-state index is 13.9. The van der Waals surface area contributed by atoms with Gasteiger partial charge in [-0.05, 0) is 60.4 Å². The van der Waals surface area contributed by atoms with E-state index in [1.54, 1.807) is 54.2 Å². The lowest BCUT2D eigenvalue weighted by atomic mass is 10.0. The fourth-order valence-electron chi connectivity index (χ4n) is 3.98. The first-order valence-corrected chi connectivity index (χ1v) is 11.8. The molecule has 1 N–H and O–H groups in total. The maximum Gasteiger partial charge on any atom is 0.491 e. The number of hydrogen-bond acceptors (Lipinski definition) is 6. The van der Waals surface area contributed by atoms with Crippen molar-refractivity contribution >= 4 is 29.2 Å². The Balaban J connectivity index is 1.41. The van der Waals surface area contributed by atoms with E-state index in [2.05, 4.69) is 37.1 Å². The molecular formula is C27H17F5N6O3. The predicted octanol–water partition coefficient (Wildman–Crippen LogP) is 5.11. The highest BCUT2D eigenvalue weighted by molar-refractivity contribution is 5.96. The number of aryl methyl sites for hydroxylation is 1. The number of amides is 2. The van der Waals surface area contributed by atoms with Crippen LogP contribution in [0.25, 0.3) is 5.65 Å². The minimum atomic E-state index is -5.32. The summed E-state index contributed by atoms with van der Waals surface area (Å²) >= 11 is 0. The number of fused-ring (bicyclic) bond motifs is 1. The highest BCUT2D eigenvalue weighted by Gasteiger charge is 2.44. The SMILES string of the molecule is Cc1ccc(NC(=O)N2N=C(OC(=O)C(F)(F)F)CC2c2cc(F)cc(F)c2)cc1C#Cc1cnc2cccnn12. The lowest BCUT2D eigenvalue weighted by Crippen LogP contribution is -2.31. The molecule has 0 bridgehead atoms. The van der Waals surface area contributed by atoms with Gasteiger partial charge in [0.25, 0.3) is 0 Å². The third-order valence-corrected chi connectivity index (χ3v) is 5.89. The van der Waals surface area contributed by atoms with Gasteiger partial charge in [-0.3, -0.25) is 0 Å². The number of carbonyl (C=O) groups is 2. The predicted molar refractivity (Wildman–Crippen MR) is 134 cm³/mol. The quantitative estimate of drug-likeness (QED) is 0.206. The average Bonchev–Trinajstić information content (AvgIpc) is 3.52. The molecule has 41 heavy (non-hydrogen) atoms. The summed E-state index contributed by atoms with van der Waals surface area (Å²) < 4.78 is 71.9. The van der Waals surface area contributed by atoms with Crippen molar-refractivity contribution in [2.24, 2.45) is 5.10 Å². The van der Waals surface area contributed by atoms with Gasteiger partial charge >= 0.3 is 18.2 Å². The van der Waals surface area contributed by atoms with Crippen LogP contribution in [-0.2, 0) is 9.53 Å². The van der Waals surface area contributed by atoms with Crippen LogP contribution < -0.4 is 5.32 Å². The molecule has 0 radical (unpaired) electrons. The fraction of sp³-hybridized carbons (Fsp3) is 0.148. The summed E-state index contributed by atoms with van der Waals surface area (Å²) in [6, 6.07) is 8.42. The van der Waals surface area contributed by atoms with E-state index < -0.39 is 48.2 Å². The van der Waals surface area contributed by atoms with Crippen LogP contribution in [-0.4, -0.2) is 43.7 Å². The van der Waals surface area contributed by atoms with Crippen molar-refractivity contribution in [3.8, 4) is 11.8 Å². The van der Waals surface area contributed by atoms with E-state index in [0.29, 0.717) is 28.0 Å². The number of esters is 1. The number of halogens is 5. The van der Waals surface area contributed by atoms with E-state index in [9.17, 15) is 31.5 Å². The molecule has 0 saturated heterocycles. The molecule has 0 spiro atoms. The lowest BCUT2D eigenvalue weighted by molar-refractivity contribution is -0.191. The molecule has 1 unspecified atom stereocenters. The average molecular weight is 568 g/mol. The molecule has 1 aliphatic rings. The van der Waals surface area contributed by atoms with Crippen molar-refractivity contribution in [2.75, 3.05) is 5.32 Å². The Kier molecular flexibility index (Phi) is 7.10. The molecule has 1 aliphatic heterocycles. The number of rotatable bonds is 2. The number of carbonyl (C=O) groups excluding carboxylic acids is 2. The normalized spacial score (nSPS) is 14.8. The number of ether oxygens (including phenoxy) is 1. The number of nitrogens with one attached hydrogen (secondary N) is 1. The van der Waals surface area contributed by atoms with Crippen LogP contribution in [0.1, 0.15) is 34.8 Å². The number of hydrogen-bond donors (Lipinski definition) is 1. The van der Waals surface area contributed by atoms with E-state index in [-0.39, 0.29) is 11.3 Å². The Morgan fingerprint density at radius 3 is 2.56 bits per heavy atom. The summed E-state index contributed by atoms with van der Waals surface area (Å²) in [4.78, 5) is 28.7. The number of benzene rings is 2. The van der Waals surface area contributed by atoms with Crippen LogP contribution in [0.2, 0.25) is 0 Å². The van der Waals surface area contributed by atoms with Crippen molar-refractivity contribution in [3.05, 3.63) is 94.9 Å². The Hall–Kier alpha value is -5.32. The smallest absolute Gasteiger partial charge is 0.403 e. The van der Waals surface area contributed by atoms with E-state index in [1.807, 2.05) is 0 Å². The van der Waals surface area contributed by atoms with Gasteiger partial charge in [-0.2, -0.15) is 18.3 Å². The molecule has 14 heteroatoms. The Morgan fingerprint density at radius 1 is 1.07 bits per heavy atom. The minimum Gasteiger partial charge on any atom is -0.403 e. The molecule has 9 nitrogen and oxygen atoms in total.